The van der Waals surface area contributed by atoms with Crippen molar-refractivity contribution < 1.29 is 13.9 Å². The molecule has 0 aliphatic carbocycles. The molecule has 4 heteroatoms. The molecule has 1 aromatic carbocycles. The summed E-state index contributed by atoms with van der Waals surface area (Å²) in [6, 6.07) is 9.62. The summed E-state index contributed by atoms with van der Waals surface area (Å²) in [7, 11) is 1.64. The van der Waals surface area contributed by atoms with E-state index in [9.17, 15) is 0 Å². The first-order chi connectivity index (χ1) is 8.83. The normalized spacial score (nSPS) is 10.6. The summed E-state index contributed by atoms with van der Waals surface area (Å²) >= 11 is 0. The van der Waals surface area contributed by atoms with Gasteiger partial charge in [-0.05, 0) is 29.8 Å². The fourth-order valence-corrected chi connectivity index (χ4v) is 1.75. The topological polar surface area (TPSA) is 57.6 Å². The van der Waals surface area contributed by atoms with Gasteiger partial charge in [0, 0.05) is 12.1 Å². The van der Waals surface area contributed by atoms with Gasteiger partial charge in [-0.25, -0.2) is 0 Å². The van der Waals surface area contributed by atoms with Crippen LogP contribution >= 0.6 is 0 Å². The summed E-state index contributed by atoms with van der Waals surface area (Å²) in [5.74, 6) is 1.63. The SMILES string of the molecule is COc1ccc(COCc2ccco2)cc1CN. The van der Waals surface area contributed by atoms with Crippen LogP contribution in [0.3, 0.4) is 0 Å². The monoisotopic (exact) mass is 247 g/mol. The van der Waals surface area contributed by atoms with Crippen LogP contribution in [0.4, 0.5) is 0 Å². The van der Waals surface area contributed by atoms with Gasteiger partial charge >= 0.3 is 0 Å². The summed E-state index contributed by atoms with van der Waals surface area (Å²) in [5, 5.41) is 0. The summed E-state index contributed by atoms with van der Waals surface area (Å²) < 4.78 is 16.0. The van der Waals surface area contributed by atoms with Crippen molar-refractivity contribution in [3.63, 3.8) is 0 Å². The Bertz CT molecular complexity index is 480. The molecule has 0 spiro atoms. The Morgan fingerprint density at radius 1 is 1.22 bits per heavy atom. The van der Waals surface area contributed by atoms with Crippen LogP contribution in [0.1, 0.15) is 16.9 Å². The maximum Gasteiger partial charge on any atom is 0.129 e. The van der Waals surface area contributed by atoms with Crippen LogP contribution in [-0.4, -0.2) is 7.11 Å². The van der Waals surface area contributed by atoms with Gasteiger partial charge in [-0.3, -0.25) is 0 Å². The number of ether oxygens (including phenoxy) is 2. The van der Waals surface area contributed by atoms with E-state index >= 15 is 0 Å². The van der Waals surface area contributed by atoms with E-state index in [2.05, 4.69) is 0 Å². The van der Waals surface area contributed by atoms with Crippen LogP contribution < -0.4 is 10.5 Å². The molecule has 2 N–H and O–H groups in total. The molecular formula is C14H17NO3. The second kappa shape index (κ2) is 6.23. The number of hydrogen-bond donors (Lipinski definition) is 1. The predicted octanol–water partition coefficient (Wildman–Crippen LogP) is 2.46. The molecule has 0 bridgehead atoms. The first-order valence-corrected chi connectivity index (χ1v) is 5.79. The average molecular weight is 247 g/mol. The third kappa shape index (κ3) is 3.12. The number of furan rings is 1. The van der Waals surface area contributed by atoms with Gasteiger partial charge in [-0.2, -0.15) is 0 Å². The van der Waals surface area contributed by atoms with E-state index in [-0.39, 0.29) is 0 Å². The lowest BCUT2D eigenvalue weighted by Gasteiger charge is -2.09. The molecule has 0 amide bonds. The maximum absolute atomic E-state index is 5.67. The number of rotatable bonds is 6. The van der Waals surface area contributed by atoms with Gasteiger partial charge < -0.3 is 19.6 Å². The van der Waals surface area contributed by atoms with Crippen molar-refractivity contribution in [2.75, 3.05) is 7.11 Å². The molecule has 0 unspecified atom stereocenters. The summed E-state index contributed by atoms with van der Waals surface area (Å²) in [6.07, 6.45) is 1.64. The lowest BCUT2D eigenvalue weighted by molar-refractivity contribution is 0.0929. The minimum Gasteiger partial charge on any atom is -0.496 e. The molecule has 0 atom stereocenters. The van der Waals surface area contributed by atoms with E-state index in [4.69, 9.17) is 19.6 Å². The van der Waals surface area contributed by atoms with E-state index in [1.165, 1.54) is 0 Å². The smallest absolute Gasteiger partial charge is 0.129 e. The third-order valence-electron chi connectivity index (χ3n) is 2.66. The van der Waals surface area contributed by atoms with Crippen LogP contribution in [0.25, 0.3) is 0 Å². The lowest BCUT2D eigenvalue weighted by Crippen LogP contribution is -2.02. The number of nitrogens with two attached hydrogens (primary N) is 1. The molecule has 2 aromatic rings. The zero-order valence-electron chi connectivity index (χ0n) is 10.4. The number of benzene rings is 1. The molecule has 1 aromatic heterocycles. The molecule has 2 rings (SSSR count). The molecule has 0 fully saturated rings. The van der Waals surface area contributed by atoms with Crippen molar-refractivity contribution in [3.8, 4) is 5.75 Å². The molecule has 18 heavy (non-hydrogen) atoms. The van der Waals surface area contributed by atoms with Crippen LogP contribution in [-0.2, 0) is 24.5 Å². The van der Waals surface area contributed by atoms with Gasteiger partial charge in [0.05, 0.1) is 20.0 Å². The highest BCUT2D eigenvalue weighted by molar-refractivity contribution is 5.36. The Hall–Kier alpha value is -1.78. The second-order valence-electron chi connectivity index (χ2n) is 3.92. The molecule has 0 saturated heterocycles. The maximum atomic E-state index is 5.67. The number of hydrogen-bond acceptors (Lipinski definition) is 4. The zero-order valence-corrected chi connectivity index (χ0v) is 10.4. The lowest BCUT2D eigenvalue weighted by atomic mass is 10.1. The molecule has 0 aliphatic rings. The molecule has 0 radical (unpaired) electrons. The predicted molar refractivity (Wildman–Crippen MR) is 68.1 cm³/mol. The van der Waals surface area contributed by atoms with Crippen molar-refractivity contribution in [2.45, 2.75) is 19.8 Å². The van der Waals surface area contributed by atoms with Gasteiger partial charge in [0.15, 0.2) is 0 Å². The fourth-order valence-electron chi connectivity index (χ4n) is 1.75. The van der Waals surface area contributed by atoms with Crippen LogP contribution in [0.15, 0.2) is 41.0 Å². The fraction of sp³-hybridized carbons (Fsp3) is 0.286. The Morgan fingerprint density at radius 3 is 2.78 bits per heavy atom. The quantitative estimate of drug-likeness (QED) is 0.852. The first kappa shape index (κ1) is 12.7. The minimum atomic E-state index is 0.454. The minimum absolute atomic E-state index is 0.454. The second-order valence-corrected chi connectivity index (χ2v) is 3.92. The Morgan fingerprint density at radius 2 is 2.11 bits per heavy atom. The average Bonchev–Trinajstić information content (AvgIpc) is 2.91. The van der Waals surface area contributed by atoms with E-state index in [0.29, 0.717) is 19.8 Å². The standard InChI is InChI=1S/C14H17NO3/c1-16-14-5-4-11(7-12(14)8-15)9-17-10-13-3-2-6-18-13/h2-7H,8-10,15H2,1H3. The van der Waals surface area contributed by atoms with Crippen molar-refractivity contribution >= 4 is 0 Å². The van der Waals surface area contributed by atoms with Crippen LogP contribution in [0, 0.1) is 0 Å². The third-order valence-corrected chi connectivity index (χ3v) is 2.66. The molecule has 0 aliphatic heterocycles. The largest absolute Gasteiger partial charge is 0.496 e. The van der Waals surface area contributed by atoms with Crippen molar-refractivity contribution in [1.82, 2.24) is 0 Å². The highest BCUT2D eigenvalue weighted by Gasteiger charge is 2.03. The van der Waals surface area contributed by atoms with Gasteiger partial charge in [-0.15, -0.1) is 0 Å². The molecular weight excluding hydrogens is 230 g/mol. The van der Waals surface area contributed by atoms with E-state index in [0.717, 1.165) is 22.6 Å². The highest BCUT2D eigenvalue weighted by Crippen LogP contribution is 2.20. The first-order valence-electron chi connectivity index (χ1n) is 5.79. The van der Waals surface area contributed by atoms with Crippen molar-refractivity contribution in [3.05, 3.63) is 53.5 Å². The van der Waals surface area contributed by atoms with Gasteiger partial charge in [0.2, 0.25) is 0 Å². The highest BCUT2D eigenvalue weighted by atomic mass is 16.5. The Balaban J connectivity index is 1.93. The van der Waals surface area contributed by atoms with E-state index in [1.54, 1.807) is 13.4 Å². The molecule has 0 saturated carbocycles. The Labute approximate surface area is 106 Å². The van der Waals surface area contributed by atoms with Gasteiger partial charge in [-0.1, -0.05) is 6.07 Å². The Kier molecular flexibility index (Phi) is 4.39. The van der Waals surface area contributed by atoms with Gasteiger partial charge in [0.1, 0.15) is 18.1 Å². The van der Waals surface area contributed by atoms with Crippen LogP contribution in [0.2, 0.25) is 0 Å². The zero-order chi connectivity index (χ0) is 12.8. The van der Waals surface area contributed by atoms with E-state index < -0.39 is 0 Å². The molecule has 96 valence electrons. The van der Waals surface area contributed by atoms with Gasteiger partial charge in [0.25, 0.3) is 0 Å². The molecule has 4 nitrogen and oxygen atoms in total. The summed E-state index contributed by atoms with van der Waals surface area (Å²) in [4.78, 5) is 0. The van der Waals surface area contributed by atoms with E-state index in [1.807, 2.05) is 30.3 Å². The summed E-state index contributed by atoms with van der Waals surface area (Å²) in [5.41, 5.74) is 7.72. The van der Waals surface area contributed by atoms with Crippen molar-refractivity contribution in [1.29, 1.82) is 0 Å². The van der Waals surface area contributed by atoms with Crippen molar-refractivity contribution in [2.24, 2.45) is 5.73 Å². The van der Waals surface area contributed by atoms with Crippen LogP contribution in [0.5, 0.6) is 5.75 Å². The number of methoxy groups -OCH3 is 1. The molecule has 1 heterocycles. The summed E-state index contributed by atoms with van der Waals surface area (Å²) in [6.45, 7) is 1.45.